The second-order valence-electron chi connectivity index (χ2n) is 17.9. The van der Waals surface area contributed by atoms with Crippen LogP contribution >= 0.6 is 0 Å². The van der Waals surface area contributed by atoms with Gasteiger partial charge in [0, 0.05) is 71.2 Å². The van der Waals surface area contributed by atoms with Crippen LogP contribution in [0.4, 0.5) is 10.1 Å². The van der Waals surface area contributed by atoms with Gasteiger partial charge < -0.3 is 19.9 Å². The fourth-order valence-electron chi connectivity index (χ4n) is 10.3. The number of piperidine rings is 3. The van der Waals surface area contributed by atoms with E-state index in [0.717, 1.165) is 68.0 Å². The second-order valence-corrected chi connectivity index (χ2v) is 17.9. The van der Waals surface area contributed by atoms with E-state index in [0.29, 0.717) is 22.9 Å². The number of anilines is 1. The average Bonchev–Trinajstić information content (AvgIpc) is 3.49. The van der Waals surface area contributed by atoms with Gasteiger partial charge in [-0.15, -0.1) is 0 Å². The van der Waals surface area contributed by atoms with Gasteiger partial charge in [-0.05, 0) is 99.8 Å². The predicted molar refractivity (Wildman–Crippen MR) is 220 cm³/mol. The summed E-state index contributed by atoms with van der Waals surface area (Å²) in [5, 5.41) is 14.5. The van der Waals surface area contributed by atoms with Crippen molar-refractivity contribution in [2.24, 2.45) is 16.7 Å². The fraction of sp³-hybridized carbons (Fsp3) is 0.447. The minimum absolute atomic E-state index is 0.0371. The molecule has 0 spiro atoms. The van der Waals surface area contributed by atoms with Crippen LogP contribution in [0.2, 0.25) is 0 Å². The highest BCUT2D eigenvalue weighted by molar-refractivity contribution is 6.23. The summed E-state index contributed by atoms with van der Waals surface area (Å²) in [5.74, 6) is 4.63. The third-order valence-electron chi connectivity index (χ3n) is 13.3. The number of likely N-dealkylation sites (tertiary alicyclic amines) is 1. The van der Waals surface area contributed by atoms with Gasteiger partial charge in [0.05, 0.1) is 16.7 Å². The van der Waals surface area contributed by atoms with Gasteiger partial charge in [-0.25, -0.2) is 4.39 Å². The molecule has 1 atom stereocenters. The molecule has 0 radical (unpaired) electrons. The molecular formula is C47H49FN6O6. The number of rotatable bonds is 7. The quantitative estimate of drug-likeness (QED) is 0.235. The molecule has 1 saturated carbocycles. The Morgan fingerprint density at radius 3 is 2.18 bits per heavy atom. The van der Waals surface area contributed by atoms with Gasteiger partial charge in [0.25, 0.3) is 17.7 Å². The van der Waals surface area contributed by atoms with Gasteiger partial charge in [0.15, 0.2) is 0 Å². The molecule has 1 aliphatic carbocycles. The molecule has 4 aliphatic heterocycles. The lowest BCUT2D eigenvalue weighted by atomic mass is 9.49. The van der Waals surface area contributed by atoms with Crippen molar-refractivity contribution >= 4 is 35.2 Å². The van der Waals surface area contributed by atoms with Gasteiger partial charge in [-0.1, -0.05) is 39.5 Å². The van der Waals surface area contributed by atoms with Crippen molar-refractivity contribution < 1.29 is 33.1 Å². The molecule has 4 fully saturated rings. The summed E-state index contributed by atoms with van der Waals surface area (Å²) in [6.07, 6.45) is 3.84. The van der Waals surface area contributed by atoms with Crippen molar-refractivity contribution in [1.29, 1.82) is 5.26 Å². The van der Waals surface area contributed by atoms with E-state index in [1.807, 2.05) is 52.0 Å². The second kappa shape index (κ2) is 15.9. The highest BCUT2D eigenvalue weighted by Gasteiger charge is 2.64. The number of hydrogen-bond donors (Lipinski definition) is 2. The number of imide groups is 2. The number of halogens is 1. The third-order valence-corrected chi connectivity index (χ3v) is 13.3. The first kappa shape index (κ1) is 40.7. The Morgan fingerprint density at radius 2 is 1.53 bits per heavy atom. The first-order chi connectivity index (χ1) is 28.6. The topological polar surface area (TPSA) is 152 Å². The number of nitrogens with one attached hydrogen (secondary N) is 2. The molecule has 310 valence electrons. The van der Waals surface area contributed by atoms with Crippen LogP contribution in [0.25, 0.3) is 0 Å². The molecule has 13 heteroatoms. The molecule has 3 aromatic rings. The minimum Gasteiger partial charge on any atom is -0.489 e. The van der Waals surface area contributed by atoms with E-state index in [2.05, 4.69) is 32.3 Å². The maximum absolute atomic E-state index is 14.2. The summed E-state index contributed by atoms with van der Waals surface area (Å²) in [6.45, 7) is 11.7. The van der Waals surface area contributed by atoms with Crippen LogP contribution in [-0.2, 0) is 9.59 Å². The summed E-state index contributed by atoms with van der Waals surface area (Å²) in [7, 11) is 0. The normalized spacial score (nSPS) is 24.1. The first-order valence-corrected chi connectivity index (χ1v) is 20.8. The molecule has 5 aliphatic rings. The van der Waals surface area contributed by atoms with E-state index in [1.165, 1.54) is 12.1 Å². The van der Waals surface area contributed by atoms with Crippen LogP contribution in [0.15, 0.2) is 60.7 Å². The largest absolute Gasteiger partial charge is 0.489 e. The van der Waals surface area contributed by atoms with Crippen LogP contribution in [0, 0.1) is 45.7 Å². The first-order valence-electron chi connectivity index (χ1n) is 20.8. The van der Waals surface area contributed by atoms with E-state index >= 15 is 0 Å². The van der Waals surface area contributed by atoms with Gasteiger partial charge in [-0.2, -0.15) is 5.26 Å². The Hall–Kier alpha value is -6.05. The maximum atomic E-state index is 14.2. The molecule has 3 aromatic carbocycles. The maximum Gasteiger partial charge on any atom is 0.262 e. The molecule has 60 heavy (non-hydrogen) atoms. The van der Waals surface area contributed by atoms with Crippen molar-refractivity contribution in [1.82, 2.24) is 20.4 Å². The lowest BCUT2D eigenvalue weighted by molar-refractivity contribution is -0.164. The Bertz CT molecular complexity index is 2340. The third kappa shape index (κ3) is 7.52. The standard InChI is InChI=1S/C47H49FN6O6/c1-46(2)44(47(3,4)45(46)60-34-13-11-31(27-49)37(48)26-34)51-40(56)30-9-7-28(8-10-30)5-6-29-17-21-52(22-18-29)32-19-23-53(24-20-32)33-12-14-35-36(25-33)43(59)54(42(35)58)38-15-16-39(55)50-41(38)57/h7-14,25-26,29,32,38,44-45H,15-24H2,1-4H3,(H,51,56)(H,50,55,57)/t38?,44-,45-. The molecule has 2 N–H and O–H groups in total. The van der Waals surface area contributed by atoms with Gasteiger partial charge in [-0.3, -0.25) is 34.2 Å². The highest BCUT2D eigenvalue weighted by Crippen LogP contribution is 2.55. The monoisotopic (exact) mass is 812 g/mol. The summed E-state index contributed by atoms with van der Waals surface area (Å²) in [5.41, 5.74) is 1.95. The predicted octanol–water partition coefficient (Wildman–Crippen LogP) is 5.44. The molecule has 3 saturated heterocycles. The van der Waals surface area contributed by atoms with Crippen LogP contribution in [0.1, 0.15) is 108 Å². The molecule has 4 heterocycles. The molecule has 1 unspecified atom stereocenters. The zero-order valence-corrected chi connectivity index (χ0v) is 34.3. The number of nitrogens with zero attached hydrogens (tertiary/aromatic N) is 4. The number of amides is 5. The Balaban J connectivity index is 0.794. The minimum atomic E-state index is -0.980. The van der Waals surface area contributed by atoms with E-state index in [1.54, 1.807) is 30.3 Å². The number of benzene rings is 3. The van der Waals surface area contributed by atoms with Crippen molar-refractivity contribution in [3.8, 4) is 23.7 Å². The number of carbonyl (C=O) groups is 5. The van der Waals surface area contributed by atoms with Crippen LogP contribution < -0.4 is 20.3 Å². The number of fused-ring (bicyclic) bond motifs is 1. The fourth-order valence-corrected chi connectivity index (χ4v) is 10.3. The molecule has 5 amide bonds. The SMILES string of the molecule is CC1(C)[C@H](NC(=O)c2ccc(C#CC3CCN(C4CCN(c5ccc6c(c5)C(=O)N(C5CCC(=O)NC5=O)C6=O)CC4)CC3)cc2)C(C)(C)[C@H]1Oc1ccc(C#N)c(F)c1. The highest BCUT2D eigenvalue weighted by atomic mass is 19.1. The van der Waals surface area contributed by atoms with Crippen LogP contribution in [0.5, 0.6) is 5.75 Å². The van der Waals surface area contributed by atoms with E-state index < -0.39 is 46.3 Å². The Labute approximate surface area is 349 Å². The van der Waals surface area contributed by atoms with E-state index in [4.69, 9.17) is 10.00 Å². The summed E-state index contributed by atoms with van der Waals surface area (Å²) >= 11 is 0. The van der Waals surface area contributed by atoms with Crippen molar-refractivity contribution in [3.05, 3.63) is 94.3 Å². The molecule has 8 rings (SSSR count). The zero-order valence-electron chi connectivity index (χ0n) is 34.3. The zero-order chi connectivity index (χ0) is 42.5. The smallest absolute Gasteiger partial charge is 0.262 e. The van der Waals surface area contributed by atoms with Gasteiger partial charge in [0.2, 0.25) is 11.8 Å². The Kier molecular flexibility index (Phi) is 10.8. The number of ether oxygens (including phenoxy) is 1. The molecular weight excluding hydrogens is 764 g/mol. The average molecular weight is 813 g/mol. The molecule has 0 aromatic heterocycles. The number of hydrogen-bond acceptors (Lipinski definition) is 9. The van der Waals surface area contributed by atoms with Crippen molar-refractivity contribution in [3.63, 3.8) is 0 Å². The molecule has 0 bridgehead atoms. The number of nitriles is 1. The molecule has 12 nitrogen and oxygen atoms in total. The van der Waals surface area contributed by atoms with E-state index in [9.17, 15) is 28.4 Å². The van der Waals surface area contributed by atoms with Gasteiger partial charge in [0.1, 0.15) is 29.8 Å². The summed E-state index contributed by atoms with van der Waals surface area (Å²) < 4.78 is 20.5. The van der Waals surface area contributed by atoms with Crippen LogP contribution in [0.3, 0.4) is 0 Å². The number of carbonyl (C=O) groups excluding carboxylic acids is 5. The lowest BCUT2D eigenvalue weighted by Gasteiger charge is -2.63. The van der Waals surface area contributed by atoms with Gasteiger partial charge >= 0.3 is 0 Å². The summed E-state index contributed by atoms with van der Waals surface area (Å²) in [6, 6.07) is 18.0. The van der Waals surface area contributed by atoms with Crippen LogP contribution in [-0.4, -0.2) is 89.7 Å². The Morgan fingerprint density at radius 1 is 0.850 bits per heavy atom. The van der Waals surface area contributed by atoms with Crippen molar-refractivity contribution in [2.75, 3.05) is 31.1 Å². The summed E-state index contributed by atoms with van der Waals surface area (Å²) in [4.78, 5) is 69.8. The van der Waals surface area contributed by atoms with E-state index in [-0.39, 0.29) is 47.9 Å². The van der Waals surface area contributed by atoms with Crippen molar-refractivity contribution in [2.45, 2.75) is 90.4 Å². The lowest BCUT2D eigenvalue weighted by Crippen LogP contribution is -2.74.